The molecule has 0 aliphatic rings. The molecule has 0 aliphatic carbocycles. The van der Waals surface area contributed by atoms with Crippen LogP contribution in [0.1, 0.15) is 29.4 Å². The second-order valence-corrected chi connectivity index (χ2v) is 7.06. The SMILES string of the molecule is CC(Sc1n[nH]c(C=Cc2ccccc2)n1)c1nc(N)nc(N(C)C)n1. The van der Waals surface area contributed by atoms with E-state index < -0.39 is 0 Å². The molecule has 3 N–H and O–H groups in total. The van der Waals surface area contributed by atoms with Crippen molar-refractivity contribution < 1.29 is 0 Å². The molecular weight excluding hydrogens is 348 g/mol. The molecule has 0 saturated heterocycles. The molecule has 2 heterocycles. The van der Waals surface area contributed by atoms with Gasteiger partial charge in [0.2, 0.25) is 17.1 Å². The number of nitrogens with zero attached hydrogens (tertiary/aromatic N) is 6. The molecule has 0 aliphatic heterocycles. The molecule has 1 aromatic carbocycles. The summed E-state index contributed by atoms with van der Waals surface area (Å²) in [6.45, 7) is 1.98. The van der Waals surface area contributed by atoms with Gasteiger partial charge in [-0.15, -0.1) is 5.10 Å². The molecule has 0 saturated carbocycles. The Morgan fingerprint density at radius 3 is 2.58 bits per heavy atom. The Labute approximate surface area is 156 Å². The quantitative estimate of drug-likeness (QED) is 0.639. The molecular formula is C17H20N8S. The van der Waals surface area contributed by atoms with Crippen LogP contribution in [0.25, 0.3) is 12.2 Å². The molecule has 9 heteroatoms. The van der Waals surface area contributed by atoms with E-state index in [0.29, 0.717) is 22.8 Å². The predicted octanol–water partition coefficient (Wildman–Crippen LogP) is 2.66. The van der Waals surface area contributed by atoms with Gasteiger partial charge in [0.05, 0.1) is 5.25 Å². The van der Waals surface area contributed by atoms with Crippen LogP contribution in [0.4, 0.5) is 11.9 Å². The topological polar surface area (TPSA) is 110 Å². The highest BCUT2D eigenvalue weighted by molar-refractivity contribution is 7.99. The maximum atomic E-state index is 5.78. The standard InChI is InChI=1S/C17H20N8S/c1-11(14-20-15(18)22-16(21-14)25(2)3)26-17-19-13(23-24-17)10-9-12-7-5-4-6-8-12/h4-11H,1-3H3,(H,19,23,24)(H2,18,20,21,22). The van der Waals surface area contributed by atoms with Crippen LogP contribution in [-0.2, 0) is 0 Å². The number of benzene rings is 1. The van der Waals surface area contributed by atoms with E-state index in [1.807, 2.05) is 63.5 Å². The van der Waals surface area contributed by atoms with Crippen LogP contribution in [0.15, 0.2) is 35.5 Å². The second-order valence-electron chi connectivity index (χ2n) is 5.75. The highest BCUT2D eigenvalue weighted by atomic mass is 32.2. The Balaban J connectivity index is 1.70. The fourth-order valence-electron chi connectivity index (χ4n) is 2.11. The number of H-pyrrole nitrogens is 1. The Morgan fingerprint density at radius 2 is 1.85 bits per heavy atom. The highest BCUT2D eigenvalue weighted by Gasteiger charge is 2.16. The molecule has 0 fully saturated rings. The Hall–Kier alpha value is -2.94. The second kappa shape index (κ2) is 7.96. The van der Waals surface area contributed by atoms with Crippen LogP contribution in [0.2, 0.25) is 0 Å². The first kappa shape index (κ1) is 17.9. The van der Waals surface area contributed by atoms with Gasteiger partial charge in [0.1, 0.15) is 11.6 Å². The first-order chi connectivity index (χ1) is 12.5. The molecule has 0 radical (unpaired) electrons. The largest absolute Gasteiger partial charge is 0.368 e. The van der Waals surface area contributed by atoms with E-state index in [9.17, 15) is 0 Å². The van der Waals surface area contributed by atoms with E-state index in [2.05, 4.69) is 30.1 Å². The summed E-state index contributed by atoms with van der Waals surface area (Å²) < 4.78 is 0. The lowest BCUT2D eigenvalue weighted by Gasteiger charge is -2.13. The monoisotopic (exact) mass is 368 g/mol. The molecule has 26 heavy (non-hydrogen) atoms. The van der Waals surface area contributed by atoms with E-state index in [4.69, 9.17) is 5.73 Å². The third-order valence-corrected chi connectivity index (χ3v) is 4.38. The number of nitrogens with two attached hydrogens (primary N) is 1. The Bertz CT molecular complexity index is 891. The fraction of sp³-hybridized carbons (Fsp3) is 0.235. The predicted molar refractivity (Wildman–Crippen MR) is 105 cm³/mol. The van der Waals surface area contributed by atoms with Gasteiger partial charge in [-0.2, -0.15) is 15.0 Å². The van der Waals surface area contributed by atoms with Crippen molar-refractivity contribution in [1.82, 2.24) is 30.1 Å². The molecule has 1 atom stereocenters. The van der Waals surface area contributed by atoms with E-state index in [-0.39, 0.29) is 11.2 Å². The van der Waals surface area contributed by atoms with Gasteiger partial charge >= 0.3 is 0 Å². The van der Waals surface area contributed by atoms with Gasteiger partial charge in [-0.1, -0.05) is 48.2 Å². The van der Waals surface area contributed by atoms with Gasteiger partial charge < -0.3 is 10.6 Å². The summed E-state index contributed by atoms with van der Waals surface area (Å²) in [7, 11) is 3.72. The number of hydrogen-bond acceptors (Lipinski definition) is 8. The van der Waals surface area contributed by atoms with Crippen LogP contribution >= 0.6 is 11.8 Å². The first-order valence-electron chi connectivity index (χ1n) is 8.02. The van der Waals surface area contributed by atoms with Crippen LogP contribution in [0, 0.1) is 0 Å². The molecule has 3 rings (SSSR count). The van der Waals surface area contributed by atoms with Crippen molar-refractivity contribution in [2.75, 3.05) is 24.7 Å². The van der Waals surface area contributed by atoms with Gasteiger partial charge in [-0.3, -0.25) is 5.10 Å². The summed E-state index contributed by atoms with van der Waals surface area (Å²) in [5, 5.41) is 7.71. The molecule has 2 aromatic heterocycles. The van der Waals surface area contributed by atoms with Crippen molar-refractivity contribution in [2.24, 2.45) is 0 Å². The van der Waals surface area contributed by atoms with E-state index in [1.54, 1.807) is 4.90 Å². The van der Waals surface area contributed by atoms with Crippen LogP contribution in [-0.4, -0.2) is 44.2 Å². The molecule has 0 spiro atoms. The van der Waals surface area contributed by atoms with Crippen molar-refractivity contribution in [3.8, 4) is 0 Å². The van der Waals surface area contributed by atoms with Crippen molar-refractivity contribution in [2.45, 2.75) is 17.3 Å². The normalized spacial score (nSPS) is 12.4. The summed E-state index contributed by atoms with van der Waals surface area (Å²) in [5.41, 5.74) is 6.88. The van der Waals surface area contributed by atoms with Crippen molar-refractivity contribution in [3.63, 3.8) is 0 Å². The molecule has 134 valence electrons. The summed E-state index contributed by atoms with van der Waals surface area (Å²) in [5.74, 6) is 2.01. The van der Waals surface area contributed by atoms with Crippen molar-refractivity contribution in [1.29, 1.82) is 0 Å². The van der Waals surface area contributed by atoms with E-state index in [1.165, 1.54) is 11.8 Å². The van der Waals surface area contributed by atoms with Gasteiger partial charge in [-0.25, -0.2) is 4.98 Å². The number of nitrogen functional groups attached to an aromatic ring is 1. The molecule has 1 unspecified atom stereocenters. The van der Waals surface area contributed by atoms with Crippen molar-refractivity contribution in [3.05, 3.63) is 47.5 Å². The number of aromatic nitrogens is 6. The number of anilines is 2. The maximum absolute atomic E-state index is 5.78. The summed E-state index contributed by atoms with van der Waals surface area (Å²) in [4.78, 5) is 19.0. The Morgan fingerprint density at radius 1 is 1.08 bits per heavy atom. The number of rotatable bonds is 6. The third-order valence-electron chi connectivity index (χ3n) is 3.42. The van der Waals surface area contributed by atoms with Crippen LogP contribution in [0.3, 0.4) is 0 Å². The van der Waals surface area contributed by atoms with Gasteiger partial charge in [-0.05, 0) is 18.6 Å². The van der Waals surface area contributed by atoms with Crippen LogP contribution < -0.4 is 10.6 Å². The summed E-state index contributed by atoms with van der Waals surface area (Å²) in [6, 6.07) is 10.0. The Kier molecular flexibility index (Phi) is 5.47. The van der Waals surface area contributed by atoms with E-state index >= 15 is 0 Å². The summed E-state index contributed by atoms with van der Waals surface area (Å²) in [6.07, 6.45) is 3.87. The lowest BCUT2D eigenvalue weighted by Crippen LogP contribution is -2.16. The third kappa shape index (κ3) is 4.57. The van der Waals surface area contributed by atoms with E-state index in [0.717, 1.165) is 5.56 Å². The minimum atomic E-state index is -0.0687. The van der Waals surface area contributed by atoms with Gasteiger partial charge in [0, 0.05) is 14.1 Å². The number of nitrogens with one attached hydrogen (secondary N) is 1. The molecule has 0 bridgehead atoms. The lowest BCUT2D eigenvalue weighted by molar-refractivity contribution is 0.858. The highest BCUT2D eigenvalue weighted by Crippen LogP contribution is 2.31. The maximum Gasteiger partial charge on any atom is 0.229 e. The average molecular weight is 368 g/mol. The molecule has 0 amide bonds. The fourth-order valence-corrected chi connectivity index (χ4v) is 2.89. The zero-order valence-electron chi connectivity index (χ0n) is 14.8. The number of aromatic amines is 1. The van der Waals surface area contributed by atoms with Gasteiger partial charge in [0.15, 0.2) is 0 Å². The first-order valence-corrected chi connectivity index (χ1v) is 8.90. The van der Waals surface area contributed by atoms with Crippen molar-refractivity contribution >= 4 is 35.8 Å². The lowest BCUT2D eigenvalue weighted by atomic mass is 10.2. The minimum Gasteiger partial charge on any atom is -0.368 e. The van der Waals surface area contributed by atoms with Gasteiger partial charge in [0.25, 0.3) is 0 Å². The zero-order valence-corrected chi connectivity index (χ0v) is 15.6. The number of hydrogen-bond donors (Lipinski definition) is 2. The molecule has 8 nitrogen and oxygen atoms in total. The average Bonchev–Trinajstić information content (AvgIpc) is 3.07. The number of thioether (sulfide) groups is 1. The minimum absolute atomic E-state index is 0.0687. The van der Waals surface area contributed by atoms with Crippen LogP contribution in [0.5, 0.6) is 0 Å². The zero-order chi connectivity index (χ0) is 18.5. The summed E-state index contributed by atoms with van der Waals surface area (Å²) >= 11 is 1.45. The molecule has 3 aromatic rings. The smallest absolute Gasteiger partial charge is 0.229 e.